The van der Waals surface area contributed by atoms with E-state index in [4.69, 9.17) is 18.9 Å². The number of carbonyl (C=O) groups excluding carboxylic acids is 2. The molecule has 1 saturated heterocycles. The SMILES string of the molecule is C=C(C)C(=O)OCc1cc(I)c(OC(C)OC2CCOC2=O)c(I)c1. The van der Waals surface area contributed by atoms with E-state index in [1.165, 1.54) is 0 Å². The fourth-order valence-corrected chi connectivity index (χ4v) is 4.26. The van der Waals surface area contributed by atoms with Crippen molar-refractivity contribution in [1.29, 1.82) is 0 Å². The normalized spacial score (nSPS) is 17.8. The summed E-state index contributed by atoms with van der Waals surface area (Å²) in [6, 6.07) is 3.75. The van der Waals surface area contributed by atoms with Gasteiger partial charge in [0.25, 0.3) is 0 Å². The Morgan fingerprint density at radius 1 is 1.40 bits per heavy atom. The third kappa shape index (κ3) is 5.81. The minimum Gasteiger partial charge on any atom is -0.464 e. The number of rotatable bonds is 7. The van der Waals surface area contributed by atoms with Crippen molar-refractivity contribution in [2.24, 2.45) is 0 Å². The summed E-state index contributed by atoms with van der Waals surface area (Å²) in [5.41, 5.74) is 1.21. The molecule has 8 heteroatoms. The molecular weight excluding hydrogens is 554 g/mol. The average Bonchev–Trinajstić information content (AvgIpc) is 2.93. The van der Waals surface area contributed by atoms with E-state index in [9.17, 15) is 9.59 Å². The quantitative estimate of drug-likeness (QED) is 0.216. The Bertz CT molecular complexity index is 665. The number of hydrogen-bond acceptors (Lipinski definition) is 6. The molecule has 0 aliphatic carbocycles. The van der Waals surface area contributed by atoms with Gasteiger partial charge >= 0.3 is 11.9 Å². The van der Waals surface area contributed by atoms with Gasteiger partial charge in [-0.05, 0) is 76.7 Å². The molecule has 0 aromatic heterocycles. The molecule has 0 spiro atoms. The molecule has 0 saturated carbocycles. The van der Waals surface area contributed by atoms with Gasteiger partial charge in [0.1, 0.15) is 12.4 Å². The highest BCUT2D eigenvalue weighted by atomic mass is 127. The number of cyclic esters (lactones) is 1. The number of esters is 2. The molecule has 1 heterocycles. The molecule has 1 aromatic rings. The van der Waals surface area contributed by atoms with Crippen LogP contribution < -0.4 is 4.74 Å². The number of hydrogen-bond donors (Lipinski definition) is 0. The van der Waals surface area contributed by atoms with Crippen LogP contribution in [0.4, 0.5) is 0 Å². The first-order valence-electron chi connectivity index (χ1n) is 7.57. The summed E-state index contributed by atoms with van der Waals surface area (Å²) in [5, 5.41) is 0. The highest BCUT2D eigenvalue weighted by Gasteiger charge is 2.29. The van der Waals surface area contributed by atoms with E-state index in [0.29, 0.717) is 24.4 Å². The third-order valence-electron chi connectivity index (χ3n) is 3.30. The molecule has 1 fully saturated rings. The Labute approximate surface area is 173 Å². The van der Waals surface area contributed by atoms with Crippen LogP contribution in [0.1, 0.15) is 25.8 Å². The molecule has 136 valence electrons. The van der Waals surface area contributed by atoms with Gasteiger partial charge in [-0.3, -0.25) is 0 Å². The van der Waals surface area contributed by atoms with Gasteiger partial charge in [0.15, 0.2) is 12.4 Å². The Hall–Kier alpha value is -0.880. The molecule has 0 bridgehead atoms. The van der Waals surface area contributed by atoms with Gasteiger partial charge < -0.3 is 18.9 Å². The molecule has 25 heavy (non-hydrogen) atoms. The molecule has 2 atom stereocenters. The Morgan fingerprint density at radius 3 is 2.56 bits per heavy atom. The maximum atomic E-state index is 11.5. The van der Waals surface area contributed by atoms with E-state index in [1.807, 2.05) is 12.1 Å². The summed E-state index contributed by atoms with van der Waals surface area (Å²) >= 11 is 4.30. The largest absolute Gasteiger partial charge is 0.464 e. The van der Waals surface area contributed by atoms with Crippen LogP contribution in [-0.2, 0) is 30.4 Å². The lowest BCUT2D eigenvalue weighted by atomic mass is 10.2. The second-order valence-corrected chi connectivity index (χ2v) is 7.84. The number of halogens is 2. The van der Waals surface area contributed by atoms with Gasteiger partial charge in [-0.1, -0.05) is 6.58 Å². The molecule has 2 unspecified atom stereocenters. The second kappa shape index (κ2) is 9.17. The number of benzene rings is 1. The minimum atomic E-state index is -0.593. The van der Waals surface area contributed by atoms with E-state index in [2.05, 4.69) is 51.8 Å². The van der Waals surface area contributed by atoms with Crippen molar-refractivity contribution >= 4 is 57.1 Å². The zero-order valence-corrected chi connectivity index (χ0v) is 18.2. The van der Waals surface area contributed by atoms with Crippen molar-refractivity contribution in [3.63, 3.8) is 0 Å². The van der Waals surface area contributed by atoms with Gasteiger partial charge in [-0.2, -0.15) is 0 Å². The van der Waals surface area contributed by atoms with Crippen LogP contribution in [0.2, 0.25) is 0 Å². The van der Waals surface area contributed by atoms with Gasteiger partial charge in [0.05, 0.1) is 13.7 Å². The van der Waals surface area contributed by atoms with Crippen LogP contribution in [0.15, 0.2) is 24.3 Å². The van der Waals surface area contributed by atoms with E-state index < -0.39 is 18.4 Å². The maximum Gasteiger partial charge on any atom is 0.335 e. The standard InChI is InChI=1S/C17H18I2O6/c1-9(2)16(20)23-8-11-6-12(18)15(13(19)7-11)25-10(3)24-14-4-5-22-17(14)21/h6-7,10,14H,1,4-5,8H2,2-3H3. The molecule has 1 aliphatic rings. The summed E-state index contributed by atoms with van der Waals surface area (Å²) in [6.07, 6.45) is -0.635. The van der Waals surface area contributed by atoms with Crippen molar-refractivity contribution in [2.75, 3.05) is 6.61 Å². The lowest BCUT2D eigenvalue weighted by Crippen LogP contribution is -2.28. The number of ether oxygens (including phenoxy) is 4. The van der Waals surface area contributed by atoms with Gasteiger partial charge in [0.2, 0.25) is 0 Å². The highest BCUT2D eigenvalue weighted by molar-refractivity contribution is 14.1. The lowest BCUT2D eigenvalue weighted by molar-refractivity contribution is -0.160. The summed E-state index contributed by atoms with van der Waals surface area (Å²) < 4.78 is 23.2. The second-order valence-electron chi connectivity index (χ2n) is 5.51. The zero-order chi connectivity index (χ0) is 18.6. The summed E-state index contributed by atoms with van der Waals surface area (Å²) in [6.45, 7) is 7.44. The van der Waals surface area contributed by atoms with Gasteiger partial charge in [-0.15, -0.1) is 0 Å². The van der Waals surface area contributed by atoms with Crippen molar-refractivity contribution < 1.29 is 28.5 Å². The van der Waals surface area contributed by atoms with Gasteiger partial charge in [-0.25, -0.2) is 9.59 Å². The maximum absolute atomic E-state index is 11.5. The van der Waals surface area contributed by atoms with Crippen LogP contribution in [0, 0.1) is 7.14 Å². The molecule has 1 aromatic carbocycles. The number of carbonyl (C=O) groups is 2. The van der Waals surface area contributed by atoms with Crippen molar-refractivity contribution in [3.8, 4) is 5.75 Å². The fraction of sp³-hybridized carbons (Fsp3) is 0.412. The van der Waals surface area contributed by atoms with Crippen molar-refractivity contribution in [1.82, 2.24) is 0 Å². The first-order chi connectivity index (χ1) is 11.8. The smallest absolute Gasteiger partial charge is 0.335 e. The van der Waals surface area contributed by atoms with E-state index in [-0.39, 0.29) is 12.6 Å². The Balaban J connectivity index is 2.00. The van der Waals surface area contributed by atoms with Crippen LogP contribution in [-0.4, -0.2) is 30.9 Å². The van der Waals surface area contributed by atoms with Crippen molar-refractivity contribution in [2.45, 2.75) is 39.3 Å². The van der Waals surface area contributed by atoms with Crippen LogP contribution >= 0.6 is 45.2 Å². The first kappa shape index (κ1) is 20.4. The molecular formula is C17H18I2O6. The van der Waals surface area contributed by atoms with E-state index in [0.717, 1.165) is 12.7 Å². The summed E-state index contributed by atoms with van der Waals surface area (Å²) in [4.78, 5) is 22.9. The van der Waals surface area contributed by atoms with E-state index >= 15 is 0 Å². The topological polar surface area (TPSA) is 71.1 Å². The van der Waals surface area contributed by atoms with E-state index in [1.54, 1.807) is 13.8 Å². The Morgan fingerprint density at radius 2 is 2.04 bits per heavy atom. The summed E-state index contributed by atoms with van der Waals surface area (Å²) in [7, 11) is 0. The Kier molecular flexibility index (Phi) is 7.50. The van der Waals surface area contributed by atoms with Crippen LogP contribution in [0.25, 0.3) is 0 Å². The molecule has 2 rings (SSSR count). The molecule has 0 N–H and O–H groups in total. The molecule has 0 amide bonds. The predicted molar refractivity (Wildman–Crippen MR) is 107 cm³/mol. The molecule has 0 radical (unpaired) electrons. The average molecular weight is 572 g/mol. The zero-order valence-electron chi connectivity index (χ0n) is 13.8. The highest BCUT2D eigenvalue weighted by Crippen LogP contribution is 2.30. The lowest BCUT2D eigenvalue weighted by Gasteiger charge is -2.20. The van der Waals surface area contributed by atoms with Crippen molar-refractivity contribution in [3.05, 3.63) is 37.0 Å². The minimum absolute atomic E-state index is 0.165. The van der Waals surface area contributed by atoms with Crippen LogP contribution in [0.3, 0.4) is 0 Å². The summed E-state index contributed by atoms with van der Waals surface area (Å²) in [5.74, 6) is -0.111. The monoisotopic (exact) mass is 572 g/mol. The molecule has 6 nitrogen and oxygen atoms in total. The predicted octanol–water partition coefficient (Wildman–Crippen LogP) is 3.57. The molecule has 1 aliphatic heterocycles. The van der Waals surface area contributed by atoms with Gasteiger partial charge in [0, 0.05) is 12.0 Å². The van der Waals surface area contributed by atoms with Crippen LogP contribution in [0.5, 0.6) is 5.75 Å². The fourth-order valence-electron chi connectivity index (χ4n) is 2.11. The first-order valence-corrected chi connectivity index (χ1v) is 9.73. The third-order valence-corrected chi connectivity index (χ3v) is 4.91.